The number of hydrogen-bond donors (Lipinski definition) is 2. The van der Waals surface area contributed by atoms with E-state index in [2.05, 4.69) is 32.2 Å². The number of aryl methyl sites for hydroxylation is 1. The fraction of sp³-hybridized carbons (Fsp3) is 0.231. The van der Waals surface area contributed by atoms with Gasteiger partial charge in [0.1, 0.15) is 5.82 Å². The van der Waals surface area contributed by atoms with Crippen LogP contribution in [0.25, 0.3) is 39.3 Å². The first-order valence-corrected chi connectivity index (χ1v) is 11.8. The third kappa shape index (κ3) is 4.29. The van der Waals surface area contributed by atoms with Crippen LogP contribution in [-0.4, -0.2) is 51.0 Å². The van der Waals surface area contributed by atoms with Gasteiger partial charge < -0.3 is 9.67 Å². The molecule has 0 bridgehead atoms. The van der Waals surface area contributed by atoms with Crippen LogP contribution in [0.15, 0.2) is 64.7 Å². The molecule has 0 spiro atoms. The molecule has 5 aromatic rings. The predicted molar refractivity (Wildman–Crippen MR) is 140 cm³/mol. The maximum absolute atomic E-state index is 13.4. The summed E-state index contributed by atoms with van der Waals surface area (Å²) in [5, 5.41) is 23.4. The highest BCUT2D eigenvalue weighted by Crippen LogP contribution is 2.30. The van der Waals surface area contributed by atoms with E-state index < -0.39 is 11.2 Å². The van der Waals surface area contributed by atoms with Gasteiger partial charge in [-0.05, 0) is 46.0 Å². The minimum absolute atomic E-state index is 0.119. The highest BCUT2D eigenvalue weighted by atomic mass is 16.3. The van der Waals surface area contributed by atoms with Crippen LogP contribution < -0.4 is 11.2 Å². The molecule has 2 aromatic carbocycles. The summed E-state index contributed by atoms with van der Waals surface area (Å²) >= 11 is 0. The lowest BCUT2D eigenvalue weighted by atomic mass is 9.98. The monoisotopic (exact) mass is 498 g/mol. The first kappa shape index (κ1) is 24.1. The number of H-pyrrole nitrogens is 1. The maximum atomic E-state index is 13.4. The fourth-order valence-electron chi connectivity index (χ4n) is 4.46. The summed E-state index contributed by atoms with van der Waals surface area (Å²) in [4.78, 5) is 30.8. The highest BCUT2D eigenvalue weighted by molar-refractivity contribution is 5.80. The minimum Gasteiger partial charge on any atom is -0.396 e. The average Bonchev–Trinajstić information content (AvgIpc) is 3.57. The van der Waals surface area contributed by atoms with Crippen molar-refractivity contribution in [2.75, 3.05) is 6.61 Å². The number of tetrazole rings is 1. The number of aliphatic hydroxyl groups excluding tert-OH is 1. The number of allylic oxidation sites excluding steroid dienone is 1. The highest BCUT2D eigenvalue weighted by Gasteiger charge is 2.21. The van der Waals surface area contributed by atoms with E-state index >= 15 is 0 Å². The van der Waals surface area contributed by atoms with E-state index in [1.807, 2.05) is 55.5 Å². The summed E-state index contributed by atoms with van der Waals surface area (Å²) in [5.74, 6) is 1.12. The van der Waals surface area contributed by atoms with E-state index in [0.717, 1.165) is 26.8 Å². The Kier molecular flexibility index (Phi) is 6.36. The van der Waals surface area contributed by atoms with Crippen LogP contribution in [0.3, 0.4) is 0 Å². The zero-order chi connectivity index (χ0) is 26.1. The minimum atomic E-state index is -0.464. The quantitative estimate of drug-likeness (QED) is 0.335. The van der Waals surface area contributed by atoms with Crippen LogP contribution in [0.1, 0.15) is 24.7 Å². The van der Waals surface area contributed by atoms with E-state index in [1.165, 1.54) is 4.57 Å². The van der Waals surface area contributed by atoms with Gasteiger partial charge in [0.25, 0.3) is 5.56 Å². The predicted octanol–water partition coefficient (Wildman–Crippen LogP) is 2.21. The molecule has 0 aliphatic heterocycles. The van der Waals surface area contributed by atoms with E-state index in [1.54, 1.807) is 11.6 Å². The average molecular weight is 499 g/mol. The van der Waals surface area contributed by atoms with Crippen molar-refractivity contribution in [1.82, 2.24) is 39.3 Å². The molecule has 0 radical (unpaired) electrons. The maximum Gasteiger partial charge on any atom is 0.332 e. The van der Waals surface area contributed by atoms with E-state index in [-0.39, 0.29) is 13.2 Å². The zero-order valence-corrected chi connectivity index (χ0v) is 20.5. The molecule has 188 valence electrons. The molecule has 11 nitrogen and oxygen atoms in total. The Balaban J connectivity index is 1.58. The molecule has 0 atom stereocenters. The number of benzene rings is 2. The van der Waals surface area contributed by atoms with Gasteiger partial charge in [-0.3, -0.25) is 13.9 Å². The van der Waals surface area contributed by atoms with Gasteiger partial charge in [0.2, 0.25) is 0 Å². The molecule has 0 aliphatic rings. The number of nitrogens with one attached hydrogen (secondary N) is 1. The van der Waals surface area contributed by atoms with Crippen LogP contribution >= 0.6 is 0 Å². The molecule has 0 fully saturated rings. The summed E-state index contributed by atoms with van der Waals surface area (Å²) in [6.45, 7) is 6.22. The number of rotatable bonds is 8. The normalized spacial score (nSPS) is 11.3. The van der Waals surface area contributed by atoms with E-state index in [4.69, 9.17) is 0 Å². The molecule has 3 heterocycles. The molecule has 0 amide bonds. The van der Waals surface area contributed by atoms with Gasteiger partial charge in [0.05, 0.1) is 0 Å². The van der Waals surface area contributed by atoms with Crippen molar-refractivity contribution < 1.29 is 5.11 Å². The summed E-state index contributed by atoms with van der Waals surface area (Å²) in [6, 6.07) is 15.8. The fourth-order valence-corrected chi connectivity index (χ4v) is 4.46. The Labute approximate surface area is 211 Å². The second-order valence-electron chi connectivity index (χ2n) is 8.84. The lowest BCUT2D eigenvalue weighted by Gasteiger charge is -2.12. The molecule has 0 unspecified atom stereocenters. The Hall–Kier alpha value is -4.64. The van der Waals surface area contributed by atoms with Crippen molar-refractivity contribution >= 4 is 16.7 Å². The zero-order valence-electron chi connectivity index (χ0n) is 20.5. The van der Waals surface area contributed by atoms with Crippen molar-refractivity contribution in [2.45, 2.75) is 26.4 Å². The second-order valence-corrected chi connectivity index (χ2v) is 8.84. The van der Waals surface area contributed by atoms with Crippen LogP contribution in [0, 0.1) is 0 Å². The van der Waals surface area contributed by atoms with Crippen molar-refractivity contribution in [2.24, 2.45) is 7.05 Å². The largest absolute Gasteiger partial charge is 0.396 e. The molecule has 2 N–H and O–H groups in total. The number of aromatic nitrogens is 8. The third-order valence-electron chi connectivity index (χ3n) is 6.29. The molecular weight excluding hydrogens is 472 g/mol. The number of hydrogen-bond acceptors (Lipinski definition) is 7. The number of nitrogens with zero attached hydrogens (tertiary/aromatic N) is 7. The summed E-state index contributed by atoms with van der Waals surface area (Å²) in [5.41, 5.74) is 4.20. The Morgan fingerprint density at radius 1 is 1.05 bits per heavy atom. The number of fused-ring (bicyclic) bond motifs is 1. The lowest BCUT2D eigenvalue weighted by molar-refractivity contribution is 0.277. The van der Waals surface area contributed by atoms with Gasteiger partial charge in [0.15, 0.2) is 17.0 Å². The Morgan fingerprint density at radius 3 is 2.43 bits per heavy atom. The number of imidazole rings is 1. The smallest absolute Gasteiger partial charge is 0.332 e. The molecule has 37 heavy (non-hydrogen) atoms. The van der Waals surface area contributed by atoms with Crippen molar-refractivity contribution in [1.29, 1.82) is 0 Å². The first-order valence-electron chi connectivity index (χ1n) is 11.8. The lowest BCUT2D eigenvalue weighted by Crippen LogP contribution is -2.40. The van der Waals surface area contributed by atoms with Gasteiger partial charge in [-0.2, -0.15) is 0 Å². The molecule has 0 aliphatic carbocycles. The Morgan fingerprint density at radius 2 is 1.78 bits per heavy atom. The van der Waals surface area contributed by atoms with Crippen molar-refractivity contribution in [3.05, 3.63) is 87.3 Å². The van der Waals surface area contributed by atoms with Crippen LogP contribution in [0.4, 0.5) is 0 Å². The van der Waals surface area contributed by atoms with Gasteiger partial charge in [-0.25, -0.2) is 14.9 Å². The van der Waals surface area contributed by atoms with Gasteiger partial charge >= 0.3 is 5.69 Å². The molecular formula is C26H26N8O3. The number of aromatic amines is 1. The molecule has 0 saturated heterocycles. The SMILES string of the molecule is C=C(C)c1nc2c(c(=O)n(CCCO)c(=O)n2C)n1Cc1ccc(-c2ccccc2-c2nnn[nH]2)cc1. The molecule has 3 aromatic heterocycles. The molecule has 11 heteroatoms. The standard InChI is InChI=1S/C26H26N8O3/c1-16(2)23-27-24-21(25(36)33(13-6-14-35)26(37)32(24)3)34(23)15-17-9-11-18(12-10-17)19-7-4-5-8-20(19)22-28-30-31-29-22/h4-5,7-12,35H,1,6,13-15H2,2-3H3,(H,28,29,30,31). The Bertz CT molecular complexity index is 1710. The van der Waals surface area contributed by atoms with Gasteiger partial charge in [-0.1, -0.05) is 55.1 Å². The first-order chi connectivity index (χ1) is 17.9. The topological polar surface area (TPSA) is 137 Å². The van der Waals surface area contributed by atoms with Gasteiger partial charge in [0, 0.05) is 32.3 Å². The van der Waals surface area contributed by atoms with Crippen molar-refractivity contribution in [3.8, 4) is 22.5 Å². The van der Waals surface area contributed by atoms with Crippen LogP contribution in [-0.2, 0) is 20.1 Å². The van der Waals surface area contributed by atoms with Gasteiger partial charge in [-0.15, -0.1) is 5.10 Å². The summed E-state index contributed by atoms with van der Waals surface area (Å²) in [7, 11) is 1.59. The molecule has 0 saturated carbocycles. The van der Waals surface area contributed by atoms with Crippen molar-refractivity contribution in [3.63, 3.8) is 0 Å². The van der Waals surface area contributed by atoms with E-state index in [9.17, 15) is 14.7 Å². The molecule has 5 rings (SSSR count). The van der Waals surface area contributed by atoms with Crippen LogP contribution in [0.2, 0.25) is 0 Å². The summed E-state index contributed by atoms with van der Waals surface area (Å²) < 4.78 is 4.32. The third-order valence-corrected chi connectivity index (χ3v) is 6.29. The van der Waals surface area contributed by atoms with E-state index in [0.29, 0.717) is 41.4 Å². The summed E-state index contributed by atoms with van der Waals surface area (Å²) in [6.07, 6.45) is 0.301. The van der Waals surface area contributed by atoms with Crippen LogP contribution in [0.5, 0.6) is 0 Å². The number of aliphatic hydroxyl groups is 1. The second kappa shape index (κ2) is 9.78.